The topological polar surface area (TPSA) is 61.1 Å². The first-order valence-electron chi connectivity index (χ1n) is 9.00. The SMILES string of the molecule is Cc1occc1-c1nnc(SCc2cn3cc(Cl)ccc3n2)n1-c1ccccc1. The largest absolute Gasteiger partial charge is 0.469 e. The van der Waals surface area contributed by atoms with E-state index in [1.807, 2.05) is 72.2 Å². The van der Waals surface area contributed by atoms with E-state index in [9.17, 15) is 0 Å². The number of halogens is 1. The molecule has 0 aliphatic carbocycles. The number of imidazole rings is 1. The van der Waals surface area contributed by atoms with Crippen molar-refractivity contribution in [2.45, 2.75) is 17.8 Å². The lowest BCUT2D eigenvalue weighted by atomic mass is 10.2. The average Bonchev–Trinajstić information content (AvgIpc) is 3.44. The fraction of sp³-hybridized carbons (Fsp3) is 0.0952. The highest BCUT2D eigenvalue weighted by Gasteiger charge is 2.19. The second-order valence-electron chi connectivity index (χ2n) is 6.50. The smallest absolute Gasteiger partial charge is 0.196 e. The second-order valence-corrected chi connectivity index (χ2v) is 7.88. The molecular weight excluding hydrogens is 406 g/mol. The van der Waals surface area contributed by atoms with Crippen molar-refractivity contribution in [2.24, 2.45) is 0 Å². The molecule has 0 fully saturated rings. The summed E-state index contributed by atoms with van der Waals surface area (Å²) < 4.78 is 9.46. The molecule has 144 valence electrons. The molecule has 29 heavy (non-hydrogen) atoms. The van der Waals surface area contributed by atoms with Crippen LogP contribution in [0.1, 0.15) is 11.5 Å². The third kappa shape index (κ3) is 3.43. The first-order chi connectivity index (χ1) is 14.2. The van der Waals surface area contributed by atoms with E-state index < -0.39 is 0 Å². The monoisotopic (exact) mass is 421 g/mol. The number of aromatic nitrogens is 5. The van der Waals surface area contributed by atoms with Crippen LogP contribution in [0, 0.1) is 6.92 Å². The Bertz CT molecular complexity index is 1290. The van der Waals surface area contributed by atoms with E-state index in [1.54, 1.807) is 18.0 Å². The predicted octanol–water partition coefficient (Wildman–Crippen LogP) is 5.43. The lowest BCUT2D eigenvalue weighted by Crippen LogP contribution is -1.99. The summed E-state index contributed by atoms with van der Waals surface area (Å²) in [6, 6.07) is 15.7. The highest BCUT2D eigenvalue weighted by molar-refractivity contribution is 7.98. The zero-order valence-corrected chi connectivity index (χ0v) is 17.1. The van der Waals surface area contributed by atoms with E-state index >= 15 is 0 Å². The van der Waals surface area contributed by atoms with Crippen molar-refractivity contribution in [3.63, 3.8) is 0 Å². The number of rotatable bonds is 5. The van der Waals surface area contributed by atoms with Gasteiger partial charge >= 0.3 is 0 Å². The molecule has 0 N–H and O–H groups in total. The van der Waals surface area contributed by atoms with Crippen LogP contribution >= 0.6 is 23.4 Å². The van der Waals surface area contributed by atoms with Crippen LogP contribution in [-0.4, -0.2) is 24.1 Å². The van der Waals surface area contributed by atoms with Crippen LogP contribution in [0.3, 0.4) is 0 Å². The van der Waals surface area contributed by atoms with Gasteiger partial charge in [-0.2, -0.15) is 0 Å². The molecule has 0 radical (unpaired) electrons. The highest BCUT2D eigenvalue weighted by atomic mass is 35.5. The molecule has 1 aromatic carbocycles. The summed E-state index contributed by atoms with van der Waals surface area (Å²) in [5.74, 6) is 2.23. The van der Waals surface area contributed by atoms with Crippen molar-refractivity contribution in [3.05, 3.63) is 83.7 Å². The predicted molar refractivity (Wildman–Crippen MR) is 114 cm³/mol. The number of fused-ring (bicyclic) bond motifs is 1. The summed E-state index contributed by atoms with van der Waals surface area (Å²) in [6.45, 7) is 1.92. The molecule has 0 unspecified atom stereocenters. The summed E-state index contributed by atoms with van der Waals surface area (Å²) >= 11 is 7.66. The van der Waals surface area contributed by atoms with Gasteiger partial charge in [0.05, 0.1) is 22.5 Å². The molecule has 0 aliphatic rings. The lowest BCUT2D eigenvalue weighted by Gasteiger charge is -2.09. The van der Waals surface area contributed by atoms with Gasteiger partial charge in [0.25, 0.3) is 0 Å². The standard InChI is InChI=1S/C21H16ClN5OS/c1-14-18(9-10-28-14)20-24-25-21(27(20)17-5-3-2-4-6-17)29-13-16-12-26-11-15(22)7-8-19(26)23-16/h2-12H,13H2,1H3. The molecule has 0 bridgehead atoms. The van der Waals surface area contributed by atoms with Crippen LogP contribution < -0.4 is 0 Å². The molecule has 0 saturated heterocycles. The summed E-state index contributed by atoms with van der Waals surface area (Å²) in [5.41, 5.74) is 3.73. The number of para-hydroxylation sites is 1. The summed E-state index contributed by atoms with van der Waals surface area (Å²) in [5, 5.41) is 10.4. The molecule has 4 heterocycles. The summed E-state index contributed by atoms with van der Waals surface area (Å²) in [4.78, 5) is 4.65. The quantitative estimate of drug-likeness (QED) is 0.354. The Morgan fingerprint density at radius 2 is 1.90 bits per heavy atom. The number of furan rings is 1. The van der Waals surface area contributed by atoms with Crippen LogP contribution in [0.2, 0.25) is 5.02 Å². The van der Waals surface area contributed by atoms with E-state index in [1.165, 1.54) is 0 Å². The maximum Gasteiger partial charge on any atom is 0.196 e. The molecule has 8 heteroatoms. The summed E-state index contributed by atoms with van der Waals surface area (Å²) in [6.07, 6.45) is 5.51. The Morgan fingerprint density at radius 3 is 2.69 bits per heavy atom. The zero-order chi connectivity index (χ0) is 19.8. The number of aryl methyl sites for hydroxylation is 1. The van der Waals surface area contributed by atoms with Crippen molar-refractivity contribution in [1.29, 1.82) is 0 Å². The third-order valence-corrected chi connectivity index (χ3v) is 5.75. The van der Waals surface area contributed by atoms with Crippen molar-refractivity contribution in [1.82, 2.24) is 24.1 Å². The van der Waals surface area contributed by atoms with Gasteiger partial charge in [0.2, 0.25) is 0 Å². The van der Waals surface area contributed by atoms with Gasteiger partial charge in [-0.15, -0.1) is 10.2 Å². The lowest BCUT2D eigenvalue weighted by molar-refractivity contribution is 0.535. The molecule has 0 aliphatic heterocycles. The maximum atomic E-state index is 6.07. The van der Waals surface area contributed by atoms with Crippen LogP contribution in [0.25, 0.3) is 22.7 Å². The van der Waals surface area contributed by atoms with Gasteiger partial charge in [-0.25, -0.2) is 4.98 Å². The Morgan fingerprint density at radius 1 is 1.03 bits per heavy atom. The van der Waals surface area contributed by atoms with Gasteiger partial charge in [-0.1, -0.05) is 41.6 Å². The minimum atomic E-state index is 0.661. The number of nitrogens with zero attached hydrogens (tertiary/aromatic N) is 5. The van der Waals surface area contributed by atoms with Crippen molar-refractivity contribution < 1.29 is 4.42 Å². The Kier molecular flexibility index (Phi) is 4.61. The van der Waals surface area contributed by atoms with Gasteiger partial charge in [-0.05, 0) is 37.3 Å². The molecule has 0 saturated carbocycles. The van der Waals surface area contributed by atoms with Gasteiger partial charge in [-0.3, -0.25) is 4.57 Å². The first kappa shape index (κ1) is 18.0. The molecule has 0 atom stereocenters. The summed E-state index contributed by atoms with van der Waals surface area (Å²) in [7, 11) is 0. The average molecular weight is 422 g/mol. The number of pyridine rings is 1. The fourth-order valence-corrected chi connectivity index (χ4v) is 4.19. The minimum Gasteiger partial charge on any atom is -0.469 e. The van der Waals surface area contributed by atoms with Crippen LogP contribution in [0.5, 0.6) is 0 Å². The molecule has 0 amide bonds. The number of hydrogen-bond donors (Lipinski definition) is 0. The molecular formula is C21H16ClN5OS. The second kappa shape index (κ2) is 7.42. The maximum absolute atomic E-state index is 6.07. The normalized spacial score (nSPS) is 11.4. The van der Waals surface area contributed by atoms with E-state index in [0.29, 0.717) is 10.8 Å². The fourth-order valence-electron chi connectivity index (χ4n) is 3.19. The van der Waals surface area contributed by atoms with Crippen molar-refractivity contribution >= 4 is 29.0 Å². The van der Waals surface area contributed by atoms with Crippen LogP contribution in [0.15, 0.2) is 76.8 Å². The van der Waals surface area contributed by atoms with Gasteiger partial charge in [0.1, 0.15) is 11.4 Å². The van der Waals surface area contributed by atoms with Crippen LogP contribution in [0.4, 0.5) is 0 Å². The third-order valence-electron chi connectivity index (χ3n) is 4.56. The molecule has 5 rings (SSSR count). The van der Waals surface area contributed by atoms with Crippen molar-refractivity contribution in [3.8, 4) is 17.1 Å². The highest BCUT2D eigenvalue weighted by Crippen LogP contribution is 2.31. The molecule has 4 aromatic heterocycles. The van der Waals surface area contributed by atoms with Crippen molar-refractivity contribution in [2.75, 3.05) is 0 Å². The number of thioether (sulfide) groups is 1. The Hall–Kier alpha value is -3.03. The van der Waals surface area contributed by atoms with E-state index in [0.717, 1.165) is 39.3 Å². The van der Waals surface area contributed by atoms with E-state index in [-0.39, 0.29) is 0 Å². The Labute approximate surface area is 176 Å². The Balaban J connectivity index is 1.51. The van der Waals surface area contributed by atoms with Gasteiger partial charge < -0.3 is 8.82 Å². The number of benzene rings is 1. The number of hydrogen-bond acceptors (Lipinski definition) is 5. The first-order valence-corrected chi connectivity index (χ1v) is 10.4. The van der Waals surface area contributed by atoms with E-state index in [2.05, 4.69) is 19.7 Å². The van der Waals surface area contributed by atoms with Crippen LogP contribution in [-0.2, 0) is 5.75 Å². The molecule has 5 aromatic rings. The van der Waals surface area contributed by atoms with Gasteiger partial charge in [0, 0.05) is 23.8 Å². The molecule has 6 nitrogen and oxygen atoms in total. The minimum absolute atomic E-state index is 0.661. The molecule has 0 spiro atoms. The zero-order valence-electron chi connectivity index (χ0n) is 15.5. The van der Waals surface area contributed by atoms with Gasteiger partial charge in [0.15, 0.2) is 11.0 Å². The van der Waals surface area contributed by atoms with E-state index in [4.69, 9.17) is 16.0 Å².